The summed E-state index contributed by atoms with van der Waals surface area (Å²) >= 11 is 5.98. The van der Waals surface area contributed by atoms with Crippen molar-refractivity contribution in [2.75, 3.05) is 4.72 Å². The quantitative estimate of drug-likeness (QED) is 0.509. The van der Waals surface area contributed by atoms with Crippen LogP contribution in [0.2, 0.25) is 5.02 Å². The van der Waals surface area contributed by atoms with Crippen molar-refractivity contribution >= 4 is 38.4 Å². The van der Waals surface area contributed by atoms with Crippen molar-refractivity contribution in [3.05, 3.63) is 77.3 Å². The normalized spacial score (nSPS) is 11.6. The van der Waals surface area contributed by atoms with Crippen molar-refractivity contribution in [2.24, 2.45) is 0 Å². The number of benzene rings is 3. The minimum atomic E-state index is -3.68. The van der Waals surface area contributed by atoms with E-state index in [2.05, 4.69) is 9.71 Å². The predicted octanol–water partition coefficient (Wildman–Crippen LogP) is 5.26. The maximum absolute atomic E-state index is 12.6. The molecule has 3 aromatic carbocycles. The van der Waals surface area contributed by atoms with Gasteiger partial charge >= 0.3 is 0 Å². The second-order valence-corrected chi connectivity index (χ2v) is 8.25. The Morgan fingerprint density at radius 3 is 2.56 bits per heavy atom. The van der Waals surface area contributed by atoms with Gasteiger partial charge in [0.25, 0.3) is 10.0 Å². The van der Waals surface area contributed by atoms with Crippen LogP contribution in [-0.2, 0) is 10.0 Å². The number of nitrogens with one attached hydrogen (secondary N) is 1. The molecule has 0 bridgehead atoms. The number of aryl methyl sites for hydroxylation is 1. The zero-order valence-electron chi connectivity index (χ0n) is 14.3. The molecule has 0 amide bonds. The highest BCUT2D eigenvalue weighted by Crippen LogP contribution is 2.28. The molecular formula is C20H15ClN2O3S. The molecule has 0 aliphatic rings. The third-order valence-corrected chi connectivity index (χ3v) is 5.68. The van der Waals surface area contributed by atoms with E-state index in [-0.39, 0.29) is 4.90 Å². The summed E-state index contributed by atoms with van der Waals surface area (Å²) in [4.78, 5) is 4.63. The number of halogens is 1. The van der Waals surface area contributed by atoms with Gasteiger partial charge in [-0.25, -0.2) is 13.4 Å². The maximum Gasteiger partial charge on any atom is 0.261 e. The van der Waals surface area contributed by atoms with Gasteiger partial charge in [0.1, 0.15) is 5.52 Å². The summed E-state index contributed by atoms with van der Waals surface area (Å²) in [5.41, 5.74) is 3.33. The van der Waals surface area contributed by atoms with Gasteiger partial charge in [0.2, 0.25) is 5.89 Å². The summed E-state index contributed by atoms with van der Waals surface area (Å²) in [7, 11) is -3.68. The lowest BCUT2D eigenvalue weighted by molar-refractivity contribution is 0.601. The Hall–Kier alpha value is -2.83. The second-order valence-electron chi connectivity index (χ2n) is 6.13. The topological polar surface area (TPSA) is 72.2 Å². The van der Waals surface area contributed by atoms with E-state index in [0.29, 0.717) is 33.3 Å². The molecule has 0 aliphatic heterocycles. The fraction of sp³-hybridized carbons (Fsp3) is 0.0500. The smallest absolute Gasteiger partial charge is 0.261 e. The van der Waals surface area contributed by atoms with Crippen molar-refractivity contribution in [1.29, 1.82) is 0 Å². The minimum Gasteiger partial charge on any atom is -0.436 e. The van der Waals surface area contributed by atoms with Crippen LogP contribution >= 0.6 is 11.6 Å². The van der Waals surface area contributed by atoms with Crippen LogP contribution in [0.5, 0.6) is 0 Å². The SMILES string of the molecule is Cc1ccc(S(=O)(=O)Nc2cccc(-c3nc4ccc(Cl)cc4o3)c2)cc1. The van der Waals surface area contributed by atoms with E-state index in [1.54, 1.807) is 66.7 Å². The number of nitrogens with zero attached hydrogens (tertiary/aromatic N) is 1. The largest absolute Gasteiger partial charge is 0.436 e. The molecule has 27 heavy (non-hydrogen) atoms. The Morgan fingerprint density at radius 1 is 1.00 bits per heavy atom. The van der Waals surface area contributed by atoms with Crippen LogP contribution in [0, 0.1) is 6.92 Å². The predicted molar refractivity (Wildman–Crippen MR) is 106 cm³/mol. The number of hydrogen-bond donors (Lipinski definition) is 1. The first kappa shape index (κ1) is 17.6. The number of hydrogen-bond acceptors (Lipinski definition) is 4. The van der Waals surface area contributed by atoms with Gasteiger partial charge in [-0.3, -0.25) is 4.72 Å². The number of aromatic nitrogens is 1. The van der Waals surface area contributed by atoms with E-state index < -0.39 is 10.0 Å². The Kier molecular flexibility index (Phi) is 4.37. The lowest BCUT2D eigenvalue weighted by atomic mass is 10.2. The fourth-order valence-corrected chi connectivity index (χ4v) is 3.88. The number of sulfonamides is 1. The van der Waals surface area contributed by atoms with Crippen molar-refractivity contribution in [3.8, 4) is 11.5 Å². The molecule has 0 aliphatic carbocycles. The number of oxazole rings is 1. The molecule has 0 spiro atoms. The van der Waals surface area contributed by atoms with Gasteiger partial charge in [0.15, 0.2) is 5.58 Å². The second kappa shape index (κ2) is 6.72. The van der Waals surface area contributed by atoms with Gasteiger partial charge < -0.3 is 4.42 Å². The van der Waals surface area contributed by atoms with Crippen LogP contribution in [-0.4, -0.2) is 13.4 Å². The molecule has 4 aromatic rings. The van der Waals surface area contributed by atoms with Gasteiger partial charge in [-0.15, -0.1) is 0 Å². The van der Waals surface area contributed by atoms with E-state index in [1.165, 1.54) is 0 Å². The summed E-state index contributed by atoms with van der Waals surface area (Å²) in [5, 5.41) is 0.560. The highest BCUT2D eigenvalue weighted by molar-refractivity contribution is 7.92. The molecule has 1 N–H and O–H groups in total. The van der Waals surface area contributed by atoms with E-state index in [0.717, 1.165) is 5.56 Å². The number of anilines is 1. The highest BCUT2D eigenvalue weighted by Gasteiger charge is 2.15. The Balaban J connectivity index is 1.66. The van der Waals surface area contributed by atoms with Gasteiger partial charge in [-0.05, 0) is 49.4 Å². The number of rotatable bonds is 4. The molecule has 0 saturated carbocycles. The summed E-state index contributed by atoms with van der Waals surface area (Å²) in [6, 6.07) is 18.8. The monoisotopic (exact) mass is 398 g/mol. The molecular weight excluding hydrogens is 384 g/mol. The molecule has 1 aromatic heterocycles. The lowest BCUT2D eigenvalue weighted by Gasteiger charge is -2.09. The zero-order valence-corrected chi connectivity index (χ0v) is 15.9. The zero-order chi connectivity index (χ0) is 19.0. The Bertz CT molecular complexity index is 1230. The molecule has 0 unspecified atom stereocenters. The first-order chi connectivity index (χ1) is 12.9. The summed E-state index contributed by atoms with van der Waals surface area (Å²) in [6.45, 7) is 1.90. The molecule has 4 rings (SSSR count). The minimum absolute atomic E-state index is 0.204. The summed E-state index contributed by atoms with van der Waals surface area (Å²) < 4.78 is 33.5. The average Bonchev–Trinajstić information content (AvgIpc) is 3.05. The Morgan fingerprint density at radius 2 is 1.78 bits per heavy atom. The van der Waals surface area contributed by atoms with Crippen molar-refractivity contribution in [1.82, 2.24) is 4.98 Å². The molecule has 0 atom stereocenters. The van der Waals surface area contributed by atoms with Crippen LogP contribution in [0.25, 0.3) is 22.6 Å². The molecule has 0 saturated heterocycles. The number of fused-ring (bicyclic) bond motifs is 1. The molecule has 136 valence electrons. The lowest BCUT2D eigenvalue weighted by Crippen LogP contribution is -2.12. The third kappa shape index (κ3) is 3.67. The van der Waals surface area contributed by atoms with Gasteiger partial charge in [0, 0.05) is 22.3 Å². The van der Waals surface area contributed by atoms with E-state index in [1.807, 2.05) is 6.92 Å². The standard InChI is InChI=1S/C20H15ClN2O3S/c1-13-5-8-17(9-6-13)27(24,25)23-16-4-2-3-14(11-16)20-22-18-10-7-15(21)12-19(18)26-20/h2-12,23H,1H3. The van der Waals surface area contributed by atoms with Crippen LogP contribution < -0.4 is 4.72 Å². The fourth-order valence-electron chi connectivity index (χ4n) is 2.67. The molecule has 5 nitrogen and oxygen atoms in total. The summed E-state index contributed by atoms with van der Waals surface area (Å²) in [6.07, 6.45) is 0. The van der Waals surface area contributed by atoms with E-state index >= 15 is 0 Å². The Labute approximate surface area is 161 Å². The highest BCUT2D eigenvalue weighted by atomic mass is 35.5. The van der Waals surface area contributed by atoms with Gasteiger partial charge in [-0.1, -0.05) is 35.4 Å². The maximum atomic E-state index is 12.6. The first-order valence-corrected chi connectivity index (χ1v) is 10.0. The van der Waals surface area contributed by atoms with E-state index in [4.69, 9.17) is 16.0 Å². The van der Waals surface area contributed by atoms with Crippen molar-refractivity contribution < 1.29 is 12.8 Å². The van der Waals surface area contributed by atoms with E-state index in [9.17, 15) is 8.42 Å². The van der Waals surface area contributed by atoms with Gasteiger partial charge in [0.05, 0.1) is 4.90 Å². The van der Waals surface area contributed by atoms with Crippen molar-refractivity contribution in [2.45, 2.75) is 11.8 Å². The molecule has 1 heterocycles. The van der Waals surface area contributed by atoms with Crippen molar-refractivity contribution in [3.63, 3.8) is 0 Å². The third-order valence-electron chi connectivity index (χ3n) is 4.04. The molecule has 0 fully saturated rings. The average molecular weight is 399 g/mol. The van der Waals surface area contributed by atoms with Crippen LogP contribution in [0.1, 0.15) is 5.56 Å². The van der Waals surface area contributed by atoms with Gasteiger partial charge in [-0.2, -0.15) is 0 Å². The summed E-state index contributed by atoms with van der Waals surface area (Å²) in [5.74, 6) is 0.392. The molecule has 7 heteroatoms. The first-order valence-electron chi connectivity index (χ1n) is 8.17. The van der Waals surface area contributed by atoms with Crippen LogP contribution in [0.4, 0.5) is 5.69 Å². The van der Waals surface area contributed by atoms with Crippen LogP contribution in [0.3, 0.4) is 0 Å². The van der Waals surface area contributed by atoms with Crippen LogP contribution in [0.15, 0.2) is 76.0 Å². The molecule has 0 radical (unpaired) electrons.